The molecule has 0 amide bonds. The number of pyridine rings is 1. The fourth-order valence-corrected chi connectivity index (χ4v) is 3.58. The van der Waals surface area contributed by atoms with Gasteiger partial charge < -0.3 is 24.6 Å². The van der Waals surface area contributed by atoms with Crippen molar-refractivity contribution in [2.75, 3.05) is 25.6 Å². The van der Waals surface area contributed by atoms with Crippen LogP contribution in [0.2, 0.25) is 0 Å². The number of nitrogens with zero attached hydrogens (tertiary/aromatic N) is 2. The fraction of sp³-hybridized carbons (Fsp3) is 0.273. The third kappa shape index (κ3) is 3.76. The molecule has 0 radical (unpaired) electrons. The number of H-pyrrole nitrogens is 1. The van der Waals surface area contributed by atoms with Gasteiger partial charge in [-0.3, -0.25) is 4.79 Å². The molecule has 1 aliphatic heterocycles. The van der Waals surface area contributed by atoms with E-state index in [1.165, 1.54) is 7.11 Å². The van der Waals surface area contributed by atoms with Crippen LogP contribution in [0.3, 0.4) is 0 Å². The molecule has 1 aromatic heterocycles. The summed E-state index contributed by atoms with van der Waals surface area (Å²) in [6.45, 7) is 10.4. The summed E-state index contributed by atoms with van der Waals surface area (Å²) < 4.78 is 10.8. The number of allylic oxidation sites excluding steroid dienone is 1. The number of carbonyl (C=O) groups is 1. The van der Waals surface area contributed by atoms with E-state index in [0.717, 1.165) is 0 Å². The molecule has 152 valence electrons. The molecular formula is C22H20N4O4. The summed E-state index contributed by atoms with van der Waals surface area (Å²) in [4.78, 5) is 31.8. The zero-order chi connectivity index (χ0) is 21.8. The van der Waals surface area contributed by atoms with E-state index in [2.05, 4.69) is 21.2 Å². The molecule has 1 aromatic carbocycles. The molecule has 3 rings (SSSR count). The van der Waals surface area contributed by atoms with Crippen molar-refractivity contribution in [2.24, 2.45) is 0 Å². The average molecular weight is 404 g/mol. The molecule has 0 aliphatic carbocycles. The molecule has 2 heterocycles. The Kier molecular flexibility index (Phi) is 5.89. The Labute approximate surface area is 173 Å². The highest BCUT2D eigenvalue weighted by Crippen LogP contribution is 2.43. The molecule has 0 spiro atoms. The largest absolute Gasteiger partial charge is 0.496 e. The van der Waals surface area contributed by atoms with Crippen LogP contribution in [0.15, 0.2) is 40.3 Å². The smallest absolute Gasteiger partial charge is 0.337 e. The topological polar surface area (TPSA) is 109 Å². The Morgan fingerprint density at radius 1 is 1.33 bits per heavy atom. The minimum Gasteiger partial charge on any atom is -0.496 e. The molecule has 2 aromatic rings. The fourth-order valence-electron chi connectivity index (χ4n) is 3.58. The zero-order valence-electron chi connectivity index (χ0n) is 16.8. The van der Waals surface area contributed by atoms with Gasteiger partial charge in [0.25, 0.3) is 5.56 Å². The lowest BCUT2D eigenvalue weighted by molar-refractivity contribution is -0.138. The number of anilines is 1. The van der Waals surface area contributed by atoms with Crippen molar-refractivity contribution < 1.29 is 14.3 Å². The van der Waals surface area contributed by atoms with E-state index >= 15 is 0 Å². The Balaban J connectivity index is 2.24. The van der Waals surface area contributed by atoms with Crippen molar-refractivity contribution in [3.05, 3.63) is 79.7 Å². The van der Waals surface area contributed by atoms with E-state index in [9.17, 15) is 14.9 Å². The summed E-state index contributed by atoms with van der Waals surface area (Å²) in [5, 5.41) is 12.3. The summed E-state index contributed by atoms with van der Waals surface area (Å²) in [6.07, 6.45) is 0. The van der Waals surface area contributed by atoms with Gasteiger partial charge in [0.2, 0.25) is 6.54 Å². The molecule has 0 saturated heterocycles. The van der Waals surface area contributed by atoms with Crippen LogP contribution in [-0.4, -0.2) is 31.2 Å². The Morgan fingerprint density at radius 2 is 2.10 bits per heavy atom. The molecule has 30 heavy (non-hydrogen) atoms. The minimum atomic E-state index is -0.770. The van der Waals surface area contributed by atoms with Crippen LogP contribution in [0, 0.1) is 24.8 Å². The first-order valence-electron chi connectivity index (χ1n) is 9.21. The molecule has 8 nitrogen and oxygen atoms in total. The third-order valence-electron chi connectivity index (χ3n) is 4.84. The maximum Gasteiger partial charge on any atom is 0.337 e. The summed E-state index contributed by atoms with van der Waals surface area (Å²) in [6, 6.07) is 8.70. The van der Waals surface area contributed by atoms with Crippen LogP contribution in [0.1, 0.15) is 35.2 Å². The van der Waals surface area contributed by atoms with E-state index < -0.39 is 11.9 Å². The number of methoxy groups -OCH3 is 1. The third-order valence-corrected chi connectivity index (χ3v) is 4.84. The van der Waals surface area contributed by atoms with Gasteiger partial charge in [-0.2, -0.15) is 5.26 Å². The molecule has 0 fully saturated rings. The van der Waals surface area contributed by atoms with Gasteiger partial charge in [0.05, 0.1) is 35.8 Å². The number of aromatic amines is 1. The van der Waals surface area contributed by atoms with Gasteiger partial charge in [-0.1, -0.05) is 6.07 Å². The molecule has 0 saturated carbocycles. The van der Waals surface area contributed by atoms with Gasteiger partial charge >= 0.3 is 5.97 Å². The lowest BCUT2D eigenvalue weighted by atomic mass is 9.80. The van der Waals surface area contributed by atoms with Crippen LogP contribution in [0.5, 0.6) is 5.75 Å². The number of aromatic nitrogens is 1. The highest BCUT2D eigenvalue weighted by molar-refractivity contribution is 5.95. The number of nitrogens with one attached hydrogen (secondary N) is 2. The standard InChI is InChI=1S/C22H20N4O4/c1-12-9-16-20(21(27)25-12)19(15-6-5-14(11-23)10-17(15)29-4)18(13(2)26-16)22(28)30-8-7-24-3/h5-6,9-10,19,26H,7-8H2,1-2,4H3,(H,25,27). The Bertz CT molecular complexity index is 1180. The van der Waals surface area contributed by atoms with Crippen molar-refractivity contribution in [3.8, 4) is 11.8 Å². The van der Waals surface area contributed by atoms with Gasteiger partial charge in [-0.15, -0.1) is 0 Å². The molecule has 2 N–H and O–H groups in total. The second kappa shape index (κ2) is 8.54. The summed E-state index contributed by atoms with van der Waals surface area (Å²) in [7, 11) is 1.46. The quantitative estimate of drug-likeness (QED) is 0.451. The van der Waals surface area contributed by atoms with Crippen LogP contribution in [0.25, 0.3) is 4.85 Å². The SMILES string of the molecule is [C-]#[N+]CCOC(=O)C1=C(C)Nc2cc(C)[nH]c(=O)c2C1c1ccc(C#N)cc1OC. The van der Waals surface area contributed by atoms with E-state index in [1.807, 2.05) is 0 Å². The number of esters is 1. The maximum atomic E-state index is 12.9. The molecule has 1 atom stereocenters. The maximum absolute atomic E-state index is 12.9. The molecule has 8 heteroatoms. The first-order chi connectivity index (χ1) is 14.4. The van der Waals surface area contributed by atoms with E-state index in [-0.39, 0.29) is 24.3 Å². The zero-order valence-corrected chi connectivity index (χ0v) is 16.8. The molecule has 1 unspecified atom stereocenters. The first kappa shape index (κ1) is 20.7. The summed E-state index contributed by atoms with van der Waals surface area (Å²) >= 11 is 0. The van der Waals surface area contributed by atoms with Crippen molar-refractivity contribution in [2.45, 2.75) is 19.8 Å². The number of carbonyl (C=O) groups excluding carboxylic acids is 1. The minimum absolute atomic E-state index is 0.0482. The number of hydrogen-bond acceptors (Lipinski definition) is 6. The van der Waals surface area contributed by atoms with Crippen molar-refractivity contribution in [1.82, 2.24) is 4.98 Å². The molecular weight excluding hydrogens is 384 g/mol. The predicted molar refractivity (Wildman–Crippen MR) is 110 cm³/mol. The van der Waals surface area contributed by atoms with Gasteiger partial charge in [0, 0.05) is 22.6 Å². The van der Waals surface area contributed by atoms with Crippen LogP contribution in [-0.2, 0) is 9.53 Å². The first-order valence-corrected chi connectivity index (χ1v) is 9.21. The highest BCUT2D eigenvalue weighted by atomic mass is 16.5. The summed E-state index contributed by atoms with van der Waals surface area (Å²) in [5.74, 6) is -1.01. The summed E-state index contributed by atoms with van der Waals surface area (Å²) in [5.41, 5.74) is 3.02. The second-order valence-electron chi connectivity index (χ2n) is 6.79. The van der Waals surface area contributed by atoms with Crippen molar-refractivity contribution in [3.63, 3.8) is 0 Å². The van der Waals surface area contributed by atoms with Crippen LogP contribution < -0.4 is 15.6 Å². The molecule has 0 bridgehead atoms. The number of ether oxygens (including phenoxy) is 2. The normalized spacial score (nSPS) is 14.8. The number of aryl methyl sites for hydroxylation is 1. The van der Waals surface area contributed by atoms with Crippen LogP contribution in [0.4, 0.5) is 5.69 Å². The van der Waals surface area contributed by atoms with E-state index in [1.54, 1.807) is 38.1 Å². The van der Waals surface area contributed by atoms with Gasteiger partial charge in [-0.25, -0.2) is 11.4 Å². The van der Waals surface area contributed by atoms with Crippen molar-refractivity contribution in [1.29, 1.82) is 5.26 Å². The monoisotopic (exact) mass is 404 g/mol. The number of fused-ring (bicyclic) bond motifs is 1. The average Bonchev–Trinajstić information content (AvgIpc) is 2.72. The molecule has 1 aliphatic rings. The number of rotatable bonds is 5. The number of benzene rings is 1. The van der Waals surface area contributed by atoms with Gasteiger partial charge in [0.1, 0.15) is 5.75 Å². The Morgan fingerprint density at radius 3 is 2.77 bits per heavy atom. The lowest BCUT2D eigenvalue weighted by Crippen LogP contribution is -2.30. The van der Waals surface area contributed by atoms with Crippen molar-refractivity contribution >= 4 is 11.7 Å². The van der Waals surface area contributed by atoms with E-state index in [4.69, 9.17) is 16.0 Å². The van der Waals surface area contributed by atoms with Gasteiger partial charge in [0.15, 0.2) is 6.61 Å². The predicted octanol–water partition coefficient (Wildman–Crippen LogP) is 2.86. The highest BCUT2D eigenvalue weighted by Gasteiger charge is 2.37. The van der Waals surface area contributed by atoms with Crippen LogP contribution >= 0.6 is 0 Å². The van der Waals surface area contributed by atoms with E-state index in [0.29, 0.717) is 39.5 Å². The number of hydrogen-bond donors (Lipinski definition) is 2. The Hall–Kier alpha value is -4.04. The lowest BCUT2D eigenvalue weighted by Gasteiger charge is -2.30. The second-order valence-corrected chi connectivity index (χ2v) is 6.79. The number of nitriles is 1. The van der Waals surface area contributed by atoms with Gasteiger partial charge in [-0.05, 0) is 32.0 Å².